The highest BCUT2D eigenvalue weighted by Gasteiger charge is 2.57. The van der Waals surface area contributed by atoms with Gasteiger partial charge in [-0.3, -0.25) is 4.79 Å². The SMILES string of the molecule is COC(=O)C1CCN(C(=O)NC[C@H]2C[C@]23CCc2ccccc23)CC1. The molecule has 2 fully saturated rings. The number of likely N-dealkylation sites (tertiary alicyclic amines) is 1. The number of methoxy groups -OCH3 is 1. The molecule has 1 saturated heterocycles. The van der Waals surface area contributed by atoms with E-state index in [4.69, 9.17) is 4.74 Å². The number of esters is 1. The Bertz CT molecular complexity index is 681. The maximum absolute atomic E-state index is 12.4. The Labute approximate surface area is 148 Å². The molecule has 1 heterocycles. The minimum Gasteiger partial charge on any atom is -0.469 e. The smallest absolute Gasteiger partial charge is 0.317 e. The van der Waals surface area contributed by atoms with Crippen molar-refractivity contribution in [1.82, 2.24) is 10.2 Å². The Morgan fingerprint density at radius 1 is 1.28 bits per heavy atom. The molecule has 1 aliphatic heterocycles. The molecule has 4 rings (SSSR count). The molecule has 5 nitrogen and oxygen atoms in total. The van der Waals surface area contributed by atoms with E-state index in [2.05, 4.69) is 29.6 Å². The molecule has 0 unspecified atom stereocenters. The summed E-state index contributed by atoms with van der Waals surface area (Å²) in [5.74, 6) is 0.350. The minimum atomic E-state index is -0.153. The highest BCUT2D eigenvalue weighted by molar-refractivity contribution is 5.76. The summed E-state index contributed by atoms with van der Waals surface area (Å²) in [5.41, 5.74) is 3.32. The Kier molecular flexibility index (Phi) is 4.18. The Balaban J connectivity index is 1.27. The molecule has 0 bridgehead atoms. The van der Waals surface area contributed by atoms with Crippen LogP contribution in [0.15, 0.2) is 24.3 Å². The molecule has 0 radical (unpaired) electrons. The fraction of sp³-hybridized carbons (Fsp3) is 0.600. The van der Waals surface area contributed by atoms with Crippen molar-refractivity contribution in [3.8, 4) is 0 Å². The summed E-state index contributed by atoms with van der Waals surface area (Å²) in [7, 11) is 1.42. The van der Waals surface area contributed by atoms with Crippen molar-refractivity contribution in [3.63, 3.8) is 0 Å². The third-order valence-electron chi connectivity index (χ3n) is 6.44. The number of aryl methyl sites for hydroxylation is 1. The second kappa shape index (κ2) is 6.36. The van der Waals surface area contributed by atoms with Crippen molar-refractivity contribution in [3.05, 3.63) is 35.4 Å². The number of amides is 2. The highest BCUT2D eigenvalue weighted by atomic mass is 16.5. The first-order chi connectivity index (χ1) is 12.1. The van der Waals surface area contributed by atoms with Gasteiger partial charge in [-0.05, 0) is 49.1 Å². The maximum Gasteiger partial charge on any atom is 0.317 e. The molecule has 0 aromatic heterocycles. The third kappa shape index (κ3) is 2.90. The largest absolute Gasteiger partial charge is 0.469 e. The van der Waals surface area contributed by atoms with Crippen LogP contribution in [0.1, 0.15) is 36.8 Å². The van der Waals surface area contributed by atoms with Gasteiger partial charge in [-0.2, -0.15) is 0 Å². The number of urea groups is 1. The number of nitrogens with zero attached hydrogens (tertiary/aromatic N) is 1. The lowest BCUT2D eigenvalue weighted by atomic mass is 9.95. The molecule has 2 amide bonds. The molecule has 134 valence electrons. The summed E-state index contributed by atoms with van der Waals surface area (Å²) < 4.78 is 4.80. The molecule has 1 N–H and O–H groups in total. The number of hydrogen-bond donors (Lipinski definition) is 1. The van der Waals surface area contributed by atoms with Gasteiger partial charge in [0.15, 0.2) is 0 Å². The Morgan fingerprint density at radius 2 is 2.04 bits per heavy atom. The average molecular weight is 342 g/mol. The van der Waals surface area contributed by atoms with E-state index in [1.165, 1.54) is 37.5 Å². The second-order valence-electron chi connectivity index (χ2n) is 7.68. The number of carbonyl (C=O) groups is 2. The van der Waals surface area contributed by atoms with Gasteiger partial charge >= 0.3 is 12.0 Å². The summed E-state index contributed by atoms with van der Waals surface area (Å²) in [6.45, 7) is 2.01. The number of piperidine rings is 1. The quantitative estimate of drug-likeness (QED) is 0.859. The molecule has 1 aromatic carbocycles. The van der Waals surface area contributed by atoms with Crippen molar-refractivity contribution in [1.29, 1.82) is 0 Å². The number of carbonyl (C=O) groups excluding carboxylic acids is 2. The number of nitrogens with one attached hydrogen (secondary N) is 1. The topological polar surface area (TPSA) is 58.6 Å². The van der Waals surface area contributed by atoms with Gasteiger partial charge in [0.05, 0.1) is 13.0 Å². The lowest BCUT2D eigenvalue weighted by Gasteiger charge is -2.30. The van der Waals surface area contributed by atoms with Crippen LogP contribution in [-0.4, -0.2) is 43.6 Å². The summed E-state index contributed by atoms with van der Waals surface area (Å²) in [4.78, 5) is 25.8. The molecule has 2 aliphatic carbocycles. The molecule has 1 aromatic rings. The van der Waals surface area contributed by atoms with E-state index in [9.17, 15) is 9.59 Å². The Morgan fingerprint density at radius 3 is 2.80 bits per heavy atom. The van der Waals surface area contributed by atoms with E-state index in [1.807, 2.05) is 4.90 Å². The van der Waals surface area contributed by atoms with Crippen molar-refractivity contribution in [2.24, 2.45) is 11.8 Å². The van der Waals surface area contributed by atoms with Crippen molar-refractivity contribution in [2.45, 2.75) is 37.5 Å². The number of fused-ring (bicyclic) bond motifs is 2. The number of rotatable bonds is 3. The highest BCUT2D eigenvalue weighted by Crippen LogP contribution is 2.61. The van der Waals surface area contributed by atoms with Gasteiger partial charge in [-0.1, -0.05) is 24.3 Å². The zero-order valence-electron chi connectivity index (χ0n) is 14.8. The fourth-order valence-electron chi connectivity index (χ4n) is 4.81. The van der Waals surface area contributed by atoms with E-state index in [0.29, 0.717) is 37.3 Å². The van der Waals surface area contributed by atoms with Gasteiger partial charge in [0.2, 0.25) is 0 Å². The van der Waals surface area contributed by atoms with E-state index in [1.54, 1.807) is 0 Å². The first kappa shape index (κ1) is 16.4. The zero-order valence-corrected chi connectivity index (χ0v) is 14.8. The van der Waals surface area contributed by atoms with Gasteiger partial charge in [-0.15, -0.1) is 0 Å². The zero-order chi connectivity index (χ0) is 17.4. The predicted molar refractivity (Wildman–Crippen MR) is 94.3 cm³/mol. The van der Waals surface area contributed by atoms with E-state index in [0.717, 1.165) is 6.54 Å². The van der Waals surface area contributed by atoms with Crippen LogP contribution in [-0.2, 0) is 21.4 Å². The first-order valence-corrected chi connectivity index (χ1v) is 9.33. The van der Waals surface area contributed by atoms with Gasteiger partial charge < -0.3 is 15.0 Å². The van der Waals surface area contributed by atoms with Gasteiger partial charge in [0.1, 0.15) is 0 Å². The van der Waals surface area contributed by atoms with Crippen LogP contribution in [0.5, 0.6) is 0 Å². The lowest BCUT2D eigenvalue weighted by molar-refractivity contribution is -0.146. The Hall–Kier alpha value is -2.04. The standard InChI is InChI=1S/C20H26N2O3/c1-25-18(23)15-7-10-22(11-8-15)19(24)21-13-16-12-20(16)9-6-14-4-2-3-5-17(14)20/h2-5,15-16H,6-13H2,1H3,(H,21,24)/t16-,20-/m1/s1. The molecule has 5 heteroatoms. The molecule has 1 saturated carbocycles. The predicted octanol–water partition coefficient (Wildman–Crippen LogP) is 2.49. The number of ether oxygens (including phenoxy) is 1. The summed E-state index contributed by atoms with van der Waals surface area (Å²) in [6, 6.07) is 8.77. The molecule has 1 spiro atoms. The van der Waals surface area contributed by atoms with E-state index >= 15 is 0 Å². The van der Waals surface area contributed by atoms with E-state index < -0.39 is 0 Å². The van der Waals surface area contributed by atoms with Crippen LogP contribution in [0.3, 0.4) is 0 Å². The normalized spacial score (nSPS) is 27.9. The molecular formula is C20H26N2O3. The monoisotopic (exact) mass is 342 g/mol. The van der Waals surface area contributed by atoms with Crippen LogP contribution in [0.2, 0.25) is 0 Å². The average Bonchev–Trinajstić information content (AvgIpc) is 3.25. The van der Waals surface area contributed by atoms with Gasteiger partial charge in [0, 0.05) is 25.0 Å². The number of hydrogen-bond acceptors (Lipinski definition) is 3. The van der Waals surface area contributed by atoms with Crippen molar-refractivity contribution < 1.29 is 14.3 Å². The van der Waals surface area contributed by atoms with Crippen LogP contribution in [0.25, 0.3) is 0 Å². The summed E-state index contributed by atoms with van der Waals surface area (Å²) in [6.07, 6.45) is 4.97. The van der Waals surface area contributed by atoms with Crippen LogP contribution >= 0.6 is 0 Å². The molecule has 2 atom stereocenters. The maximum atomic E-state index is 12.4. The van der Waals surface area contributed by atoms with Crippen LogP contribution < -0.4 is 5.32 Å². The molecule has 3 aliphatic rings. The van der Waals surface area contributed by atoms with Gasteiger partial charge in [-0.25, -0.2) is 4.79 Å². The lowest BCUT2D eigenvalue weighted by Crippen LogP contribution is -2.46. The van der Waals surface area contributed by atoms with Crippen LogP contribution in [0, 0.1) is 11.8 Å². The fourth-order valence-corrected chi connectivity index (χ4v) is 4.81. The summed E-state index contributed by atoms with van der Waals surface area (Å²) in [5, 5.41) is 3.13. The van der Waals surface area contributed by atoms with E-state index in [-0.39, 0.29) is 17.9 Å². The number of benzene rings is 1. The van der Waals surface area contributed by atoms with Gasteiger partial charge in [0.25, 0.3) is 0 Å². The van der Waals surface area contributed by atoms with Crippen LogP contribution in [0.4, 0.5) is 4.79 Å². The second-order valence-corrected chi connectivity index (χ2v) is 7.68. The molecular weight excluding hydrogens is 316 g/mol. The summed E-state index contributed by atoms with van der Waals surface area (Å²) >= 11 is 0. The van der Waals surface area contributed by atoms with Crippen molar-refractivity contribution >= 4 is 12.0 Å². The minimum absolute atomic E-state index is 0.0108. The van der Waals surface area contributed by atoms with Crippen molar-refractivity contribution in [2.75, 3.05) is 26.7 Å². The molecule has 25 heavy (non-hydrogen) atoms. The third-order valence-corrected chi connectivity index (χ3v) is 6.44. The first-order valence-electron chi connectivity index (χ1n) is 9.33.